The van der Waals surface area contributed by atoms with Crippen LogP contribution >= 0.6 is 0 Å². The SMILES string of the molecule is COc1ccc(CN(C)CC(=O)NCC(=O)Nc2ccc(F)c(F)c2)c(OC)c1. The normalized spacial score (nSPS) is 10.6. The Morgan fingerprint density at radius 3 is 2.41 bits per heavy atom. The van der Waals surface area contributed by atoms with E-state index in [2.05, 4.69) is 10.6 Å². The Kier molecular flexibility index (Phi) is 7.90. The highest BCUT2D eigenvalue weighted by molar-refractivity contribution is 5.94. The van der Waals surface area contributed by atoms with Crippen molar-refractivity contribution in [2.75, 3.05) is 39.7 Å². The molecule has 2 aromatic carbocycles. The van der Waals surface area contributed by atoms with Crippen LogP contribution in [0.4, 0.5) is 14.5 Å². The molecule has 0 aromatic heterocycles. The van der Waals surface area contributed by atoms with Gasteiger partial charge in [0, 0.05) is 29.9 Å². The van der Waals surface area contributed by atoms with Crippen LogP contribution in [0, 0.1) is 11.6 Å². The molecule has 0 spiro atoms. The number of hydrogen-bond acceptors (Lipinski definition) is 5. The molecule has 2 amide bonds. The van der Waals surface area contributed by atoms with Crippen LogP contribution in [0.25, 0.3) is 0 Å². The monoisotopic (exact) mass is 407 g/mol. The van der Waals surface area contributed by atoms with Gasteiger partial charge in [-0.2, -0.15) is 0 Å². The molecule has 0 radical (unpaired) electrons. The van der Waals surface area contributed by atoms with E-state index in [4.69, 9.17) is 9.47 Å². The number of carbonyl (C=O) groups excluding carboxylic acids is 2. The number of rotatable bonds is 9. The highest BCUT2D eigenvalue weighted by atomic mass is 19.2. The summed E-state index contributed by atoms with van der Waals surface area (Å²) in [5.41, 5.74) is 0.978. The number of likely N-dealkylation sites (N-methyl/N-ethyl adjacent to an activating group) is 1. The first kappa shape index (κ1) is 22.1. The third kappa shape index (κ3) is 6.72. The maximum Gasteiger partial charge on any atom is 0.243 e. The van der Waals surface area contributed by atoms with Crippen molar-refractivity contribution in [3.05, 3.63) is 53.6 Å². The Balaban J connectivity index is 1.81. The maximum atomic E-state index is 13.1. The lowest BCUT2D eigenvalue weighted by Crippen LogP contribution is -2.39. The maximum absolute atomic E-state index is 13.1. The number of anilines is 1. The van der Waals surface area contributed by atoms with Crippen LogP contribution in [0.2, 0.25) is 0 Å². The van der Waals surface area contributed by atoms with Crippen LogP contribution in [0.3, 0.4) is 0 Å². The number of amides is 2. The van der Waals surface area contributed by atoms with Crippen molar-refractivity contribution in [1.29, 1.82) is 0 Å². The van der Waals surface area contributed by atoms with Gasteiger partial charge in [0.2, 0.25) is 11.8 Å². The van der Waals surface area contributed by atoms with Crippen molar-refractivity contribution >= 4 is 17.5 Å². The third-order valence-electron chi connectivity index (χ3n) is 4.00. The fraction of sp³-hybridized carbons (Fsp3) is 0.300. The van der Waals surface area contributed by atoms with Crippen molar-refractivity contribution < 1.29 is 27.8 Å². The van der Waals surface area contributed by atoms with Gasteiger partial charge in [0.1, 0.15) is 11.5 Å². The lowest BCUT2D eigenvalue weighted by atomic mass is 10.2. The zero-order valence-corrected chi connectivity index (χ0v) is 16.4. The van der Waals surface area contributed by atoms with E-state index in [1.165, 1.54) is 6.07 Å². The quantitative estimate of drug-likeness (QED) is 0.666. The zero-order valence-electron chi connectivity index (χ0n) is 16.4. The number of methoxy groups -OCH3 is 2. The molecule has 0 aliphatic rings. The van der Waals surface area contributed by atoms with Crippen molar-refractivity contribution in [3.63, 3.8) is 0 Å². The van der Waals surface area contributed by atoms with Gasteiger partial charge in [-0.1, -0.05) is 6.07 Å². The first-order chi connectivity index (χ1) is 13.8. The predicted octanol–water partition coefficient (Wildman–Crippen LogP) is 2.17. The summed E-state index contributed by atoms with van der Waals surface area (Å²) in [6, 6.07) is 8.41. The molecule has 0 saturated carbocycles. The third-order valence-corrected chi connectivity index (χ3v) is 4.00. The van der Waals surface area contributed by atoms with Gasteiger partial charge in [-0.15, -0.1) is 0 Å². The summed E-state index contributed by atoms with van der Waals surface area (Å²) in [4.78, 5) is 25.7. The lowest BCUT2D eigenvalue weighted by molar-refractivity contribution is -0.124. The van der Waals surface area contributed by atoms with Gasteiger partial charge >= 0.3 is 0 Å². The molecule has 0 bridgehead atoms. The fourth-order valence-corrected chi connectivity index (χ4v) is 2.59. The van der Waals surface area contributed by atoms with Crippen molar-refractivity contribution in [2.24, 2.45) is 0 Å². The summed E-state index contributed by atoms with van der Waals surface area (Å²) in [5.74, 6) is -1.68. The first-order valence-corrected chi connectivity index (χ1v) is 8.73. The van der Waals surface area contributed by atoms with Crippen molar-refractivity contribution in [3.8, 4) is 11.5 Å². The number of benzene rings is 2. The molecule has 9 heteroatoms. The Hall–Kier alpha value is -3.20. The predicted molar refractivity (Wildman–Crippen MR) is 104 cm³/mol. The molecule has 0 saturated heterocycles. The van der Waals surface area contributed by atoms with E-state index in [0.29, 0.717) is 18.0 Å². The molecule has 0 fully saturated rings. The Morgan fingerprint density at radius 2 is 1.76 bits per heavy atom. The van der Waals surface area contributed by atoms with E-state index in [9.17, 15) is 18.4 Å². The minimum Gasteiger partial charge on any atom is -0.497 e. The number of nitrogens with one attached hydrogen (secondary N) is 2. The summed E-state index contributed by atoms with van der Waals surface area (Å²) >= 11 is 0. The van der Waals surface area contributed by atoms with E-state index in [-0.39, 0.29) is 24.7 Å². The van der Waals surface area contributed by atoms with Crippen LogP contribution in [0.15, 0.2) is 36.4 Å². The minimum absolute atomic E-state index is 0.0492. The molecule has 0 aliphatic carbocycles. The minimum atomic E-state index is -1.07. The van der Waals surface area contributed by atoms with Crippen molar-refractivity contribution in [2.45, 2.75) is 6.54 Å². The van der Waals surface area contributed by atoms with Crippen LogP contribution in [-0.4, -0.2) is 51.1 Å². The number of nitrogens with zero attached hydrogens (tertiary/aromatic N) is 1. The van der Waals surface area contributed by atoms with E-state index >= 15 is 0 Å². The highest BCUT2D eigenvalue weighted by Crippen LogP contribution is 2.25. The lowest BCUT2D eigenvalue weighted by Gasteiger charge is -2.18. The number of carbonyl (C=O) groups is 2. The van der Waals surface area contributed by atoms with Gasteiger partial charge in [0.25, 0.3) is 0 Å². The average Bonchev–Trinajstić information content (AvgIpc) is 2.69. The molecule has 0 unspecified atom stereocenters. The van der Waals surface area contributed by atoms with Gasteiger partial charge < -0.3 is 20.1 Å². The van der Waals surface area contributed by atoms with Gasteiger partial charge in [-0.3, -0.25) is 14.5 Å². The van der Waals surface area contributed by atoms with Crippen LogP contribution < -0.4 is 20.1 Å². The number of hydrogen-bond donors (Lipinski definition) is 2. The Bertz CT molecular complexity index is 877. The van der Waals surface area contributed by atoms with Gasteiger partial charge in [0.05, 0.1) is 27.3 Å². The van der Waals surface area contributed by atoms with Crippen LogP contribution in [0.5, 0.6) is 11.5 Å². The number of halogens is 2. The largest absolute Gasteiger partial charge is 0.497 e. The van der Waals surface area contributed by atoms with Gasteiger partial charge in [-0.05, 0) is 25.2 Å². The average molecular weight is 407 g/mol. The molecular weight excluding hydrogens is 384 g/mol. The fourth-order valence-electron chi connectivity index (χ4n) is 2.59. The second-order valence-electron chi connectivity index (χ2n) is 6.30. The van der Waals surface area contributed by atoms with Gasteiger partial charge in [0.15, 0.2) is 11.6 Å². The highest BCUT2D eigenvalue weighted by Gasteiger charge is 2.12. The summed E-state index contributed by atoms with van der Waals surface area (Å²) in [6.45, 7) is 0.201. The van der Waals surface area contributed by atoms with Crippen LogP contribution in [-0.2, 0) is 16.1 Å². The molecule has 7 nitrogen and oxygen atoms in total. The van der Waals surface area contributed by atoms with E-state index in [1.54, 1.807) is 38.3 Å². The zero-order chi connectivity index (χ0) is 21.4. The molecular formula is C20H23F2N3O4. The molecule has 2 aromatic rings. The Labute approximate surface area is 167 Å². The van der Waals surface area contributed by atoms with Crippen molar-refractivity contribution in [1.82, 2.24) is 10.2 Å². The summed E-state index contributed by atoms with van der Waals surface area (Å²) in [7, 11) is 4.87. The topological polar surface area (TPSA) is 79.9 Å². The molecule has 2 N–H and O–H groups in total. The standard InChI is InChI=1S/C20H23F2N3O4/c1-25(11-13-4-6-15(28-2)9-18(13)29-3)12-20(27)23-10-19(26)24-14-5-7-16(21)17(22)8-14/h4-9H,10-12H2,1-3H3,(H,23,27)(H,24,26). The molecule has 0 heterocycles. The van der Waals surface area contributed by atoms with Gasteiger partial charge in [-0.25, -0.2) is 8.78 Å². The van der Waals surface area contributed by atoms with E-state index in [1.807, 2.05) is 6.07 Å². The first-order valence-electron chi connectivity index (χ1n) is 8.73. The summed E-state index contributed by atoms with van der Waals surface area (Å²) in [5, 5.41) is 4.86. The number of ether oxygens (including phenoxy) is 2. The molecule has 29 heavy (non-hydrogen) atoms. The molecule has 2 rings (SSSR count). The molecule has 156 valence electrons. The second-order valence-corrected chi connectivity index (χ2v) is 6.30. The molecule has 0 aliphatic heterocycles. The smallest absolute Gasteiger partial charge is 0.243 e. The van der Waals surface area contributed by atoms with Crippen LogP contribution in [0.1, 0.15) is 5.56 Å². The van der Waals surface area contributed by atoms with E-state index in [0.717, 1.165) is 17.7 Å². The van der Waals surface area contributed by atoms with E-state index < -0.39 is 17.5 Å². The summed E-state index contributed by atoms with van der Waals surface area (Å²) in [6.07, 6.45) is 0. The summed E-state index contributed by atoms with van der Waals surface area (Å²) < 4.78 is 36.5. The Morgan fingerprint density at radius 1 is 1.00 bits per heavy atom. The molecule has 0 atom stereocenters. The second kappa shape index (κ2) is 10.4.